The molecule has 3 rings (SSSR count). The van der Waals surface area contributed by atoms with Crippen molar-refractivity contribution in [1.82, 2.24) is 4.98 Å². The lowest BCUT2D eigenvalue weighted by Crippen LogP contribution is -2.37. The van der Waals surface area contributed by atoms with Crippen LogP contribution in [0.25, 0.3) is 0 Å². The van der Waals surface area contributed by atoms with Crippen LogP contribution in [-0.4, -0.2) is 35.2 Å². The molecule has 1 amide bonds. The zero-order valence-corrected chi connectivity index (χ0v) is 16.7. The zero-order valence-electron chi connectivity index (χ0n) is 16.7. The first-order chi connectivity index (χ1) is 12.8. The highest BCUT2D eigenvalue weighted by Gasteiger charge is 2.29. The Kier molecular flexibility index (Phi) is 5.37. The second kappa shape index (κ2) is 7.56. The second-order valence-corrected chi connectivity index (χ2v) is 7.32. The van der Waals surface area contributed by atoms with Crippen LogP contribution in [0, 0.1) is 27.7 Å². The van der Waals surface area contributed by atoms with Gasteiger partial charge in [0, 0.05) is 17.4 Å². The summed E-state index contributed by atoms with van der Waals surface area (Å²) in [7, 11) is 0. The van der Waals surface area contributed by atoms with Crippen molar-refractivity contribution in [2.75, 3.05) is 28.7 Å². The van der Waals surface area contributed by atoms with Gasteiger partial charge < -0.3 is 20.6 Å². The Morgan fingerprint density at radius 1 is 1.22 bits per heavy atom. The molecule has 6 heteroatoms. The van der Waals surface area contributed by atoms with Crippen molar-refractivity contribution >= 4 is 28.8 Å². The van der Waals surface area contributed by atoms with Crippen LogP contribution in [0.3, 0.4) is 0 Å². The number of fused-ring (bicyclic) bond motifs is 1. The number of hydrogen-bond acceptors (Lipinski definition) is 5. The van der Waals surface area contributed by atoms with E-state index in [9.17, 15) is 9.90 Å². The fourth-order valence-corrected chi connectivity index (χ4v) is 3.77. The lowest BCUT2D eigenvalue weighted by molar-refractivity contribution is -0.115. The summed E-state index contributed by atoms with van der Waals surface area (Å²) in [6.45, 7) is 10.4. The number of benzene rings is 1. The van der Waals surface area contributed by atoms with Crippen LogP contribution in [0.2, 0.25) is 0 Å². The van der Waals surface area contributed by atoms with E-state index in [2.05, 4.69) is 43.5 Å². The zero-order chi connectivity index (χ0) is 19.7. The average Bonchev–Trinajstić information content (AvgIpc) is 2.59. The Balaban J connectivity index is 2.15. The standard InChI is InChI=1S/C21H28N4O2/c1-6-16(11-26)23-17-9-15(5)22-21-19(17)24-18(27)10-25(21)20-13(3)7-12(2)8-14(20)4/h7-9,16,26H,6,10-11H2,1-5H3,(H,22,23)(H,24,27). The van der Waals surface area contributed by atoms with Gasteiger partial charge in [0.15, 0.2) is 5.82 Å². The molecular formula is C21H28N4O2. The van der Waals surface area contributed by atoms with Gasteiger partial charge in [-0.1, -0.05) is 24.6 Å². The SMILES string of the molecule is CCC(CO)Nc1cc(C)nc2c1NC(=O)CN2c1c(C)cc(C)cc1C. The number of aryl methyl sites for hydroxylation is 4. The number of carbonyl (C=O) groups excluding carboxylic acids is 1. The normalized spacial score (nSPS) is 14.6. The van der Waals surface area contributed by atoms with Crippen LogP contribution < -0.4 is 15.5 Å². The molecule has 3 N–H and O–H groups in total. The van der Waals surface area contributed by atoms with Crippen molar-refractivity contribution in [3.05, 3.63) is 40.6 Å². The molecule has 0 bridgehead atoms. The van der Waals surface area contributed by atoms with Crippen molar-refractivity contribution < 1.29 is 9.90 Å². The van der Waals surface area contributed by atoms with Gasteiger partial charge in [0.2, 0.25) is 5.91 Å². The minimum absolute atomic E-state index is 0.0283. The van der Waals surface area contributed by atoms with Crippen LogP contribution in [0.5, 0.6) is 0 Å². The summed E-state index contributed by atoms with van der Waals surface area (Å²) in [6.07, 6.45) is 0.778. The van der Waals surface area contributed by atoms with Crippen LogP contribution >= 0.6 is 0 Å². The molecule has 0 saturated heterocycles. The smallest absolute Gasteiger partial charge is 0.244 e. The summed E-state index contributed by atoms with van der Waals surface area (Å²) in [6, 6.07) is 6.09. The highest BCUT2D eigenvalue weighted by molar-refractivity contribution is 6.06. The van der Waals surface area contributed by atoms with Crippen LogP contribution in [0.1, 0.15) is 35.7 Å². The van der Waals surface area contributed by atoms with E-state index in [0.29, 0.717) is 5.69 Å². The Hall–Kier alpha value is -2.60. The first-order valence-electron chi connectivity index (χ1n) is 9.38. The minimum Gasteiger partial charge on any atom is -0.394 e. The van der Waals surface area contributed by atoms with Gasteiger partial charge in [0.05, 0.1) is 12.3 Å². The third-order valence-electron chi connectivity index (χ3n) is 4.93. The van der Waals surface area contributed by atoms with Gasteiger partial charge in [-0.3, -0.25) is 4.79 Å². The molecule has 0 saturated carbocycles. The fourth-order valence-electron chi connectivity index (χ4n) is 3.77. The lowest BCUT2D eigenvalue weighted by atomic mass is 10.0. The van der Waals surface area contributed by atoms with Gasteiger partial charge >= 0.3 is 0 Å². The molecule has 0 aliphatic carbocycles. The summed E-state index contributed by atoms with van der Waals surface area (Å²) < 4.78 is 0. The number of aliphatic hydroxyl groups excluding tert-OH is 1. The Bertz CT molecular complexity index is 852. The Labute approximate surface area is 160 Å². The number of anilines is 4. The summed E-state index contributed by atoms with van der Waals surface area (Å²) in [4.78, 5) is 19.2. The first kappa shape index (κ1) is 19.2. The molecule has 0 fully saturated rings. The minimum atomic E-state index is -0.0778. The van der Waals surface area contributed by atoms with E-state index in [-0.39, 0.29) is 25.1 Å². The molecule has 2 heterocycles. The van der Waals surface area contributed by atoms with E-state index in [4.69, 9.17) is 4.98 Å². The van der Waals surface area contributed by atoms with Gasteiger partial charge in [-0.15, -0.1) is 0 Å². The second-order valence-electron chi connectivity index (χ2n) is 7.32. The molecule has 1 unspecified atom stereocenters. The fraction of sp³-hybridized carbons (Fsp3) is 0.429. The van der Waals surface area contributed by atoms with Gasteiger partial charge in [0.25, 0.3) is 0 Å². The first-order valence-corrected chi connectivity index (χ1v) is 9.38. The predicted molar refractivity (Wildman–Crippen MR) is 110 cm³/mol. The van der Waals surface area contributed by atoms with Gasteiger partial charge in [-0.25, -0.2) is 4.98 Å². The predicted octanol–water partition coefficient (Wildman–Crippen LogP) is 3.59. The molecule has 6 nitrogen and oxygen atoms in total. The third-order valence-corrected chi connectivity index (χ3v) is 4.93. The van der Waals surface area contributed by atoms with Gasteiger partial charge in [-0.05, 0) is 51.3 Å². The van der Waals surface area contributed by atoms with Crippen molar-refractivity contribution in [1.29, 1.82) is 0 Å². The molecule has 27 heavy (non-hydrogen) atoms. The molecule has 1 aromatic carbocycles. The largest absolute Gasteiger partial charge is 0.394 e. The summed E-state index contributed by atoms with van der Waals surface area (Å²) in [5, 5.41) is 15.9. The summed E-state index contributed by atoms with van der Waals surface area (Å²) in [5.41, 5.74) is 6.77. The van der Waals surface area contributed by atoms with Crippen molar-refractivity contribution in [3.8, 4) is 0 Å². The Morgan fingerprint density at radius 2 is 1.89 bits per heavy atom. The molecule has 0 radical (unpaired) electrons. The van der Waals surface area contributed by atoms with Crippen LogP contribution in [0.15, 0.2) is 18.2 Å². The molecular weight excluding hydrogens is 340 g/mol. The topological polar surface area (TPSA) is 77.5 Å². The maximum Gasteiger partial charge on any atom is 0.244 e. The molecule has 144 valence electrons. The van der Waals surface area contributed by atoms with Crippen LogP contribution in [-0.2, 0) is 4.79 Å². The van der Waals surface area contributed by atoms with E-state index in [0.717, 1.165) is 40.4 Å². The number of aromatic nitrogens is 1. The Morgan fingerprint density at radius 3 is 2.48 bits per heavy atom. The summed E-state index contributed by atoms with van der Waals surface area (Å²) in [5.74, 6) is 0.660. The van der Waals surface area contributed by atoms with E-state index in [1.165, 1.54) is 5.56 Å². The number of carbonyl (C=O) groups is 1. The number of nitrogens with zero attached hydrogens (tertiary/aromatic N) is 2. The van der Waals surface area contributed by atoms with Gasteiger partial charge in [-0.2, -0.15) is 0 Å². The average molecular weight is 368 g/mol. The van der Waals surface area contributed by atoms with E-state index >= 15 is 0 Å². The van der Waals surface area contributed by atoms with Crippen LogP contribution in [0.4, 0.5) is 22.9 Å². The van der Waals surface area contributed by atoms with E-state index in [1.54, 1.807) is 0 Å². The number of hydrogen-bond donors (Lipinski definition) is 3. The number of nitrogens with one attached hydrogen (secondary N) is 2. The highest BCUT2D eigenvalue weighted by Crippen LogP contribution is 2.41. The number of rotatable bonds is 5. The van der Waals surface area contributed by atoms with E-state index in [1.807, 2.05) is 24.8 Å². The van der Waals surface area contributed by atoms with E-state index < -0.39 is 0 Å². The van der Waals surface area contributed by atoms with Crippen molar-refractivity contribution in [2.24, 2.45) is 0 Å². The number of pyridine rings is 1. The summed E-state index contributed by atoms with van der Waals surface area (Å²) >= 11 is 0. The molecule has 1 aliphatic rings. The monoisotopic (exact) mass is 368 g/mol. The highest BCUT2D eigenvalue weighted by atomic mass is 16.3. The van der Waals surface area contributed by atoms with Crippen molar-refractivity contribution in [3.63, 3.8) is 0 Å². The quantitative estimate of drug-likeness (QED) is 0.752. The maximum absolute atomic E-state index is 12.5. The molecule has 1 aromatic heterocycles. The molecule has 1 atom stereocenters. The maximum atomic E-state index is 12.5. The number of aliphatic hydroxyl groups is 1. The third kappa shape index (κ3) is 3.76. The lowest BCUT2D eigenvalue weighted by Gasteiger charge is -2.34. The van der Waals surface area contributed by atoms with Crippen molar-refractivity contribution in [2.45, 2.75) is 47.1 Å². The molecule has 1 aliphatic heterocycles. The molecule has 2 aromatic rings. The van der Waals surface area contributed by atoms with Gasteiger partial charge in [0.1, 0.15) is 12.2 Å². The number of amides is 1. The molecule has 0 spiro atoms.